The van der Waals surface area contributed by atoms with Gasteiger partial charge in [-0.25, -0.2) is 0 Å². The SMILES string of the molecule is CC(C)CCC[C@@H](C)[C@H]1CC[C@H]2[C@@H]3[C@@H](O)C[C@@]45[C@@H](C[C@H](O)C4(C)C)[C@]5(C)[C@H]3CC[C@]12C. The fraction of sp³-hybridized carbons (Fsp3) is 1.00. The molecule has 178 valence electrons. The van der Waals surface area contributed by atoms with Gasteiger partial charge in [-0.3, -0.25) is 0 Å². The quantitative estimate of drug-likeness (QED) is 0.510. The van der Waals surface area contributed by atoms with Gasteiger partial charge in [-0.05, 0) is 102 Å². The zero-order valence-corrected chi connectivity index (χ0v) is 21.5. The fourth-order valence-electron chi connectivity index (χ4n) is 11.4. The van der Waals surface area contributed by atoms with Gasteiger partial charge in [-0.15, -0.1) is 0 Å². The minimum atomic E-state index is -0.189. The van der Waals surface area contributed by atoms with E-state index in [0.29, 0.717) is 34.5 Å². The Kier molecular flexibility index (Phi) is 5.10. The third-order valence-electron chi connectivity index (χ3n) is 12.9. The number of hydrogen-bond acceptors (Lipinski definition) is 2. The van der Waals surface area contributed by atoms with Gasteiger partial charge in [0.15, 0.2) is 0 Å². The van der Waals surface area contributed by atoms with E-state index in [1.165, 1.54) is 44.9 Å². The molecular formula is C29H50O2. The second kappa shape index (κ2) is 6.97. The van der Waals surface area contributed by atoms with Crippen LogP contribution < -0.4 is 0 Å². The Hall–Kier alpha value is -0.0800. The smallest absolute Gasteiger partial charge is 0.0599 e. The van der Waals surface area contributed by atoms with Gasteiger partial charge >= 0.3 is 0 Å². The first-order valence-corrected chi connectivity index (χ1v) is 13.8. The van der Waals surface area contributed by atoms with Crippen molar-refractivity contribution in [1.29, 1.82) is 0 Å². The molecule has 5 saturated carbocycles. The average molecular weight is 431 g/mol. The van der Waals surface area contributed by atoms with Crippen LogP contribution in [0.2, 0.25) is 0 Å². The van der Waals surface area contributed by atoms with E-state index in [9.17, 15) is 10.2 Å². The first-order valence-electron chi connectivity index (χ1n) is 13.8. The lowest BCUT2D eigenvalue weighted by Gasteiger charge is -2.58. The summed E-state index contributed by atoms with van der Waals surface area (Å²) in [5, 5.41) is 22.5. The lowest BCUT2D eigenvalue weighted by molar-refractivity contribution is -0.148. The molecule has 0 heterocycles. The first kappa shape index (κ1) is 22.7. The summed E-state index contributed by atoms with van der Waals surface area (Å²) in [6.07, 6.45) is 11.1. The van der Waals surface area contributed by atoms with Crippen molar-refractivity contribution in [3.05, 3.63) is 0 Å². The number of rotatable bonds is 5. The molecule has 2 N–H and O–H groups in total. The molecule has 0 aliphatic heterocycles. The standard InChI is InChI=1S/C29H50O2/c1-17(2)9-8-10-18(3)19-11-12-20-25-21(13-14-27(19,20)6)28(7)23-15-24(31)26(4,5)29(23,28)16-22(25)30/h17-25,30-31H,8-16H2,1-7H3/t18-,19-,20+,21+,22+,23+,24+,25+,27-,28+,29-/m1/s1. The first-order chi connectivity index (χ1) is 14.4. The van der Waals surface area contributed by atoms with Crippen LogP contribution in [0.15, 0.2) is 0 Å². The predicted octanol–water partition coefficient (Wildman–Crippen LogP) is 6.69. The van der Waals surface area contributed by atoms with Crippen molar-refractivity contribution in [2.45, 2.75) is 118 Å². The van der Waals surface area contributed by atoms with Crippen molar-refractivity contribution >= 4 is 0 Å². The molecule has 0 bridgehead atoms. The molecule has 0 saturated heterocycles. The molecule has 0 unspecified atom stereocenters. The van der Waals surface area contributed by atoms with Gasteiger partial charge < -0.3 is 10.2 Å². The maximum atomic E-state index is 11.7. The molecule has 31 heavy (non-hydrogen) atoms. The molecule has 0 aromatic carbocycles. The summed E-state index contributed by atoms with van der Waals surface area (Å²) in [7, 11) is 0. The lowest BCUT2D eigenvalue weighted by atomic mass is 9.47. The second-order valence-corrected chi connectivity index (χ2v) is 14.4. The van der Waals surface area contributed by atoms with Gasteiger partial charge in [-0.2, -0.15) is 0 Å². The summed E-state index contributed by atoms with van der Waals surface area (Å²) >= 11 is 0. The van der Waals surface area contributed by atoms with Gasteiger partial charge in [0.25, 0.3) is 0 Å². The van der Waals surface area contributed by atoms with Crippen LogP contribution in [-0.4, -0.2) is 22.4 Å². The Morgan fingerprint density at radius 2 is 1.61 bits per heavy atom. The number of fused-ring (bicyclic) bond motifs is 5. The molecule has 5 fully saturated rings. The van der Waals surface area contributed by atoms with Crippen LogP contribution in [0.4, 0.5) is 0 Å². The highest BCUT2D eigenvalue weighted by Gasteiger charge is 2.87. The normalized spacial score (nSPS) is 55.4. The monoisotopic (exact) mass is 430 g/mol. The van der Waals surface area contributed by atoms with E-state index in [0.717, 1.165) is 30.6 Å². The van der Waals surface area contributed by atoms with E-state index in [4.69, 9.17) is 0 Å². The summed E-state index contributed by atoms with van der Waals surface area (Å²) in [5.74, 6) is 5.00. The van der Waals surface area contributed by atoms with Crippen LogP contribution in [0.25, 0.3) is 0 Å². The highest BCUT2D eigenvalue weighted by Crippen LogP contribution is 2.90. The van der Waals surface area contributed by atoms with Gasteiger partial charge in [-0.1, -0.05) is 67.7 Å². The molecule has 5 aliphatic carbocycles. The van der Waals surface area contributed by atoms with Crippen LogP contribution in [-0.2, 0) is 0 Å². The third-order valence-corrected chi connectivity index (χ3v) is 12.9. The van der Waals surface area contributed by atoms with E-state index >= 15 is 0 Å². The zero-order valence-electron chi connectivity index (χ0n) is 21.5. The van der Waals surface area contributed by atoms with Gasteiger partial charge in [0.1, 0.15) is 0 Å². The summed E-state index contributed by atoms with van der Waals surface area (Å²) in [5.41, 5.74) is 0.902. The molecule has 11 atom stereocenters. The molecule has 5 aliphatic rings. The van der Waals surface area contributed by atoms with E-state index < -0.39 is 0 Å². The Balaban J connectivity index is 1.37. The van der Waals surface area contributed by atoms with E-state index in [1.54, 1.807) is 0 Å². The van der Waals surface area contributed by atoms with E-state index in [1.807, 2.05) is 0 Å². The minimum absolute atomic E-state index is 0.0533. The van der Waals surface area contributed by atoms with Crippen LogP contribution in [0.3, 0.4) is 0 Å². The molecule has 2 heteroatoms. The van der Waals surface area contributed by atoms with Gasteiger partial charge in [0.2, 0.25) is 0 Å². The second-order valence-electron chi connectivity index (χ2n) is 14.4. The van der Waals surface area contributed by atoms with E-state index in [-0.39, 0.29) is 23.0 Å². The Morgan fingerprint density at radius 1 is 0.903 bits per heavy atom. The maximum absolute atomic E-state index is 11.7. The molecular weight excluding hydrogens is 380 g/mol. The van der Waals surface area contributed by atoms with Crippen LogP contribution in [0.5, 0.6) is 0 Å². The van der Waals surface area contributed by atoms with Gasteiger partial charge in [0, 0.05) is 0 Å². The molecule has 2 nitrogen and oxygen atoms in total. The highest BCUT2D eigenvalue weighted by molar-refractivity contribution is 5.35. The lowest BCUT2D eigenvalue weighted by Crippen LogP contribution is -2.56. The number of aliphatic hydroxyl groups is 2. The van der Waals surface area contributed by atoms with Crippen LogP contribution >= 0.6 is 0 Å². The zero-order chi connectivity index (χ0) is 22.6. The Bertz CT molecular complexity index is 714. The van der Waals surface area contributed by atoms with E-state index in [2.05, 4.69) is 48.5 Å². The largest absolute Gasteiger partial charge is 0.393 e. The van der Waals surface area contributed by atoms with Crippen molar-refractivity contribution in [2.24, 2.45) is 63.1 Å². The molecule has 0 aromatic rings. The summed E-state index contributed by atoms with van der Waals surface area (Å²) < 4.78 is 0. The van der Waals surface area contributed by atoms with Crippen molar-refractivity contribution in [3.63, 3.8) is 0 Å². The highest BCUT2D eigenvalue weighted by atomic mass is 16.3. The average Bonchev–Trinajstić information content (AvgIpc) is 2.93. The summed E-state index contributed by atoms with van der Waals surface area (Å²) in [4.78, 5) is 0. The summed E-state index contributed by atoms with van der Waals surface area (Å²) in [6.45, 7) is 17.0. The van der Waals surface area contributed by atoms with Crippen LogP contribution in [0, 0.1) is 63.1 Å². The molecule has 5 rings (SSSR count). The minimum Gasteiger partial charge on any atom is -0.393 e. The fourth-order valence-corrected chi connectivity index (χ4v) is 11.4. The van der Waals surface area contributed by atoms with Crippen LogP contribution in [0.1, 0.15) is 106 Å². The maximum Gasteiger partial charge on any atom is 0.0599 e. The number of hydrogen-bond donors (Lipinski definition) is 2. The van der Waals surface area contributed by atoms with Crippen molar-refractivity contribution in [2.75, 3.05) is 0 Å². The Morgan fingerprint density at radius 3 is 2.29 bits per heavy atom. The topological polar surface area (TPSA) is 40.5 Å². The van der Waals surface area contributed by atoms with Crippen molar-refractivity contribution in [1.82, 2.24) is 0 Å². The molecule has 1 spiro atoms. The predicted molar refractivity (Wildman–Crippen MR) is 127 cm³/mol. The molecule has 0 amide bonds. The van der Waals surface area contributed by atoms with Crippen molar-refractivity contribution < 1.29 is 10.2 Å². The molecule has 0 radical (unpaired) electrons. The number of aliphatic hydroxyl groups excluding tert-OH is 2. The van der Waals surface area contributed by atoms with Gasteiger partial charge in [0.05, 0.1) is 12.2 Å². The third kappa shape index (κ3) is 2.64. The molecule has 0 aromatic heterocycles. The summed E-state index contributed by atoms with van der Waals surface area (Å²) in [6, 6.07) is 0. The Labute approximate surface area is 192 Å². The van der Waals surface area contributed by atoms with Crippen molar-refractivity contribution in [3.8, 4) is 0 Å².